The summed E-state index contributed by atoms with van der Waals surface area (Å²) in [5, 5.41) is 31.5. The average Bonchev–Trinajstić information content (AvgIpc) is 3.31. The monoisotopic (exact) mass is 556 g/mol. The van der Waals surface area contributed by atoms with Crippen LogP contribution in [0.25, 0.3) is 0 Å². The SMILES string of the molecule is N[C@@H](CCC(=O)Nc1nc2c(c(=O)[nH]1)C(CCc1ccc(C(=O)N[C@@H](CCC(=O)O)C(=O)O)cc1)C=N2)C(=O)O. The highest BCUT2D eigenvalue weighted by molar-refractivity contribution is 5.96. The number of hydrogen-bond acceptors (Lipinski definition) is 9. The molecular formula is C25H28N6O9. The molecule has 0 saturated carbocycles. The highest BCUT2D eigenvalue weighted by Gasteiger charge is 2.25. The first-order valence-corrected chi connectivity index (χ1v) is 12.3. The van der Waals surface area contributed by atoms with Crippen LogP contribution < -0.4 is 21.9 Å². The predicted octanol–water partition coefficient (Wildman–Crippen LogP) is 0.381. The molecule has 1 aliphatic rings. The van der Waals surface area contributed by atoms with E-state index in [4.69, 9.17) is 15.9 Å². The predicted molar refractivity (Wildman–Crippen MR) is 140 cm³/mol. The van der Waals surface area contributed by atoms with Crippen LogP contribution in [0.15, 0.2) is 34.1 Å². The minimum atomic E-state index is -1.33. The second kappa shape index (κ2) is 13.2. The van der Waals surface area contributed by atoms with Crippen molar-refractivity contribution in [1.82, 2.24) is 15.3 Å². The molecule has 1 aromatic heterocycles. The Morgan fingerprint density at radius 1 is 1.00 bits per heavy atom. The zero-order chi connectivity index (χ0) is 29.4. The van der Waals surface area contributed by atoms with Gasteiger partial charge in [0.2, 0.25) is 11.9 Å². The number of rotatable bonds is 14. The molecule has 212 valence electrons. The number of fused-ring (bicyclic) bond motifs is 1. The summed E-state index contributed by atoms with van der Waals surface area (Å²) < 4.78 is 0. The van der Waals surface area contributed by atoms with E-state index in [0.29, 0.717) is 18.4 Å². The average molecular weight is 557 g/mol. The number of hydrogen-bond donors (Lipinski definition) is 7. The first-order chi connectivity index (χ1) is 18.9. The van der Waals surface area contributed by atoms with Crippen molar-refractivity contribution < 1.29 is 39.3 Å². The number of aromatic amines is 1. The molecule has 2 aromatic rings. The molecule has 1 aliphatic heterocycles. The fourth-order valence-corrected chi connectivity index (χ4v) is 3.93. The van der Waals surface area contributed by atoms with Crippen molar-refractivity contribution in [2.24, 2.45) is 10.7 Å². The van der Waals surface area contributed by atoms with E-state index in [-0.39, 0.29) is 42.5 Å². The van der Waals surface area contributed by atoms with Crippen LogP contribution in [0, 0.1) is 0 Å². The van der Waals surface area contributed by atoms with Gasteiger partial charge in [0.15, 0.2) is 5.82 Å². The van der Waals surface area contributed by atoms with Gasteiger partial charge < -0.3 is 26.4 Å². The van der Waals surface area contributed by atoms with Gasteiger partial charge in [0.05, 0.1) is 5.56 Å². The van der Waals surface area contributed by atoms with Crippen molar-refractivity contribution in [3.05, 3.63) is 51.3 Å². The molecule has 2 heterocycles. The first kappa shape index (κ1) is 29.6. The standard InChI is InChI=1S/C25H28N6O9/c26-15(23(37)38)7-9-17(32)29-25-30-20-19(22(36)31-25)14(11-27-20)6-3-12-1-4-13(5-2-12)21(35)28-16(24(39)40)8-10-18(33)34/h1-2,4-5,11,14-16H,3,6-10,26H2,(H,28,35)(H,33,34)(H,37,38)(H,39,40)(H2,29,30,31,32,36)/t14?,15-,16-/m0/s1. The number of nitrogens with zero attached hydrogens (tertiary/aromatic N) is 2. The second-order valence-corrected chi connectivity index (χ2v) is 9.10. The summed E-state index contributed by atoms with van der Waals surface area (Å²) in [6.45, 7) is 0. The third-order valence-electron chi connectivity index (χ3n) is 6.15. The number of nitrogens with one attached hydrogen (secondary N) is 3. The minimum absolute atomic E-state index is 0.0855. The zero-order valence-corrected chi connectivity index (χ0v) is 21.1. The zero-order valence-electron chi connectivity index (χ0n) is 21.1. The minimum Gasteiger partial charge on any atom is -0.481 e. The van der Waals surface area contributed by atoms with Gasteiger partial charge in [0.1, 0.15) is 12.1 Å². The van der Waals surface area contributed by atoms with E-state index in [1.54, 1.807) is 18.3 Å². The Kier molecular flexibility index (Phi) is 9.81. The van der Waals surface area contributed by atoms with Crippen LogP contribution in [0.5, 0.6) is 0 Å². The molecule has 0 fully saturated rings. The van der Waals surface area contributed by atoms with Gasteiger partial charge in [-0.05, 0) is 43.4 Å². The molecule has 15 nitrogen and oxygen atoms in total. The lowest BCUT2D eigenvalue weighted by atomic mass is 9.95. The summed E-state index contributed by atoms with van der Waals surface area (Å²) in [6, 6.07) is 3.89. The van der Waals surface area contributed by atoms with Crippen LogP contribution in [-0.2, 0) is 25.6 Å². The number of carbonyl (C=O) groups is 5. The van der Waals surface area contributed by atoms with Crippen LogP contribution in [0.4, 0.5) is 11.8 Å². The molecule has 2 amide bonds. The van der Waals surface area contributed by atoms with Crippen LogP contribution in [0.2, 0.25) is 0 Å². The molecule has 0 saturated heterocycles. The summed E-state index contributed by atoms with van der Waals surface area (Å²) in [4.78, 5) is 80.7. The van der Waals surface area contributed by atoms with Crippen molar-refractivity contribution in [1.29, 1.82) is 0 Å². The summed E-state index contributed by atoms with van der Waals surface area (Å²) >= 11 is 0. The van der Waals surface area contributed by atoms with E-state index in [9.17, 15) is 33.9 Å². The summed E-state index contributed by atoms with van der Waals surface area (Å²) in [6.07, 6.45) is 1.67. The number of amides is 2. The number of aryl methyl sites for hydroxylation is 1. The van der Waals surface area contributed by atoms with E-state index in [2.05, 4.69) is 25.6 Å². The molecule has 3 atom stereocenters. The fraction of sp³-hybridized carbons (Fsp3) is 0.360. The lowest BCUT2D eigenvalue weighted by Crippen LogP contribution is -2.41. The molecule has 40 heavy (non-hydrogen) atoms. The number of H-pyrrole nitrogens is 1. The normalized spacial score (nSPS) is 15.1. The quantitative estimate of drug-likeness (QED) is 0.167. The fourth-order valence-electron chi connectivity index (χ4n) is 3.93. The highest BCUT2D eigenvalue weighted by atomic mass is 16.4. The van der Waals surface area contributed by atoms with Crippen LogP contribution in [0.3, 0.4) is 0 Å². The number of carboxylic acid groups (broad SMARTS) is 3. The van der Waals surface area contributed by atoms with Gasteiger partial charge in [-0.1, -0.05) is 12.1 Å². The Morgan fingerprint density at radius 3 is 2.33 bits per heavy atom. The molecule has 0 aliphatic carbocycles. The molecule has 3 rings (SSSR count). The van der Waals surface area contributed by atoms with Gasteiger partial charge in [-0.2, -0.15) is 4.98 Å². The second-order valence-electron chi connectivity index (χ2n) is 9.10. The molecule has 8 N–H and O–H groups in total. The van der Waals surface area contributed by atoms with E-state index >= 15 is 0 Å². The topological polar surface area (TPSA) is 254 Å². The summed E-state index contributed by atoms with van der Waals surface area (Å²) in [7, 11) is 0. The Hall–Kier alpha value is -4.92. The van der Waals surface area contributed by atoms with E-state index < -0.39 is 53.8 Å². The number of anilines is 1. The van der Waals surface area contributed by atoms with Gasteiger partial charge >= 0.3 is 17.9 Å². The van der Waals surface area contributed by atoms with Crippen LogP contribution in [0.1, 0.15) is 59.5 Å². The third kappa shape index (κ3) is 8.04. The number of carboxylic acids is 3. The van der Waals surface area contributed by atoms with E-state index in [0.717, 1.165) is 5.56 Å². The first-order valence-electron chi connectivity index (χ1n) is 12.3. The summed E-state index contributed by atoms with van der Waals surface area (Å²) in [5.74, 6) is -5.23. The largest absolute Gasteiger partial charge is 0.481 e. The van der Waals surface area contributed by atoms with Gasteiger partial charge in [-0.3, -0.25) is 34.3 Å². The number of aromatic nitrogens is 2. The van der Waals surface area contributed by atoms with Crippen molar-refractivity contribution in [2.75, 3.05) is 5.32 Å². The Bertz CT molecular complexity index is 1390. The highest BCUT2D eigenvalue weighted by Crippen LogP contribution is 2.31. The lowest BCUT2D eigenvalue weighted by molar-refractivity contribution is -0.141. The third-order valence-corrected chi connectivity index (χ3v) is 6.15. The number of aliphatic imine (C=N–C) groups is 1. The maximum absolute atomic E-state index is 12.7. The molecule has 0 bridgehead atoms. The maximum Gasteiger partial charge on any atom is 0.326 e. The number of benzene rings is 1. The number of carbonyl (C=O) groups excluding carboxylic acids is 2. The van der Waals surface area contributed by atoms with Crippen molar-refractivity contribution in [2.45, 2.75) is 56.5 Å². The van der Waals surface area contributed by atoms with Crippen LogP contribution >= 0.6 is 0 Å². The van der Waals surface area contributed by atoms with E-state index in [1.165, 1.54) is 12.1 Å². The van der Waals surface area contributed by atoms with Crippen molar-refractivity contribution >= 4 is 47.7 Å². The Morgan fingerprint density at radius 2 is 1.70 bits per heavy atom. The van der Waals surface area contributed by atoms with Crippen LogP contribution in [-0.4, -0.2) is 73.3 Å². The molecule has 15 heteroatoms. The molecule has 0 spiro atoms. The number of aliphatic carboxylic acids is 3. The maximum atomic E-state index is 12.7. The molecule has 1 unspecified atom stereocenters. The molecular weight excluding hydrogens is 528 g/mol. The molecule has 0 radical (unpaired) electrons. The Labute approximate surface area is 226 Å². The number of nitrogens with two attached hydrogens (primary N) is 1. The van der Waals surface area contributed by atoms with Gasteiger partial charge in [0.25, 0.3) is 11.5 Å². The van der Waals surface area contributed by atoms with Gasteiger partial charge in [-0.15, -0.1) is 0 Å². The van der Waals surface area contributed by atoms with Crippen molar-refractivity contribution in [3.8, 4) is 0 Å². The Balaban J connectivity index is 1.56. The molecule has 1 aromatic carbocycles. The van der Waals surface area contributed by atoms with Gasteiger partial charge in [0, 0.05) is 30.5 Å². The lowest BCUT2D eigenvalue weighted by Gasteiger charge is -2.14. The van der Waals surface area contributed by atoms with Crippen molar-refractivity contribution in [3.63, 3.8) is 0 Å². The smallest absolute Gasteiger partial charge is 0.326 e. The van der Waals surface area contributed by atoms with E-state index in [1.807, 2.05) is 0 Å². The summed E-state index contributed by atoms with van der Waals surface area (Å²) in [5.41, 5.74) is 6.29. The van der Waals surface area contributed by atoms with Gasteiger partial charge in [-0.25, -0.2) is 9.79 Å².